The summed E-state index contributed by atoms with van der Waals surface area (Å²) in [6, 6.07) is 5.76. The van der Waals surface area contributed by atoms with Crippen LogP contribution in [0.4, 0.5) is 5.82 Å². The van der Waals surface area contributed by atoms with Crippen molar-refractivity contribution in [3.8, 4) is 5.88 Å². The van der Waals surface area contributed by atoms with Crippen LogP contribution in [0.1, 0.15) is 30.1 Å². The zero-order valence-corrected chi connectivity index (χ0v) is 12.7. The highest BCUT2D eigenvalue weighted by molar-refractivity contribution is 9.10. The Morgan fingerprint density at radius 3 is 3.00 bits per heavy atom. The number of nitrogens with zero attached hydrogens (tertiary/aromatic N) is 3. The van der Waals surface area contributed by atoms with Crippen molar-refractivity contribution in [1.82, 2.24) is 15.0 Å². The molecule has 1 aliphatic carbocycles. The number of rotatable bonds is 5. The lowest BCUT2D eigenvalue weighted by atomic mass is 10.2. The number of pyridine rings is 1. The number of ether oxygens (including phenoxy) is 1. The summed E-state index contributed by atoms with van der Waals surface area (Å²) in [6.07, 6.45) is 4.09. The fraction of sp³-hybridized carbons (Fsp3) is 0.357. The molecule has 0 radical (unpaired) electrons. The number of anilines is 1. The molecule has 0 saturated heterocycles. The van der Waals surface area contributed by atoms with Crippen LogP contribution in [0.2, 0.25) is 0 Å². The standard InChI is InChI=1S/C14H15BrN4O/c1-20-14-10(3-2-6-16-14)8-17-12-7-11(15)18-13(19-12)9-4-5-9/h2-3,6-7,9H,4-5,8H2,1H3,(H,17,18,19). The summed E-state index contributed by atoms with van der Waals surface area (Å²) in [6.45, 7) is 0.616. The van der Waals surface area contributed by atoms with E-state index in [0.29, 0.717) is 18.3 Å². The predicted molar refractivity (Wildman–Crippen MR) is 79.8 cm³/mol. The van der Waals surface area contributed by atoms with E-state index in [0.717, 1.165) is 21.8 Å². The largest absolute Gasteiger partial charge is 0.481 e. The lowest BCUT2D eigenvalue weighted by Gasteiger charge is -2.10. The molecule has 1 saturated carbocycles. The normalized spacial score (nSPS) is 14.1. The van der Waals surface area contributed by atoms with E-state index in [1.807, 2.05) is 18.2 Å². The van der Waals surface area contributed by atoms with Crippen LogP contribution in [0, 0.1) is 0 Å². The third kappa shape index (κ3) is 3.07. The monoisotopic (exact) mass is 334 g/mol. The van der Waals surface area contributed by atoms with Gasteiger partial charge < -0.3 is 10.1 Å². The molecule has 0 amide bonds. The van der Waals surface area contributed by atoms with Crippen LogP contribution in [-0.2, 0) is 6.54 Å². The molecule has 0 aliphatic heterocycles. The van der Waals surface area contributed by atoms with Gasteiger partial charge in [-0.1, -0.05) is 6.07 Å². The van der Waals surface area contributed by atoms with E-state index in [4.69, 9.17) is 4.74 Å². The van der Waals surface area contributed by atoms with Crippen LogP contribution in [0.3, 0.4) is 0 Å². The Labute approximate surface area is 125 Å². The lowest BCUT2D eigenvalue weighted by molar-refractivity contribution is 0.393. The lowest BCUT2D eigenvalue weighted by Crippen LogP contribution is -2.06. The van der Waals surface area contributed by atoms with Crippen molar-refractivity contribution in [3.05, 3.63) is 40.4 Å². The molecule has 1 N–H and O–H groups in total. The number of hydrogen-bond acceptors (Lipinski definition) is 5. The molecule has 104 valence electrons. The van der Waals surface area contributed by atoms with Gasteiger partial charge in [-0.2, -0.15) is 0 Å². The summed E-state index contributed by atoms with van der Waals surface area (Å²) in [5.74, 6) is 2.90. The van der Waals surface area contributed by atoms with Crippen LogP contribution in [0.25, 0.3) is 0 Å². The first-order valence-electron chi connectivity index (χ1n) is 6.52. The minimum Gasteiger partial charge on any atom is -0.481 e. The molecule has 1 fully saturated rings. The predicted octanol–water partition coefficient (Wildman–Crippen LogP) is 3.13. The highest BCUT2D eigenvalue weighted by atomic mass is 79.9. The Kier molecular flexibility index (Phi) is 3.82. The average molecular weight is 335 g/mol. The summed E-state index contributed by atoms with van der Waals surface area (Å²) in [5, 5.41) is 3.30. The molecule has 0 atom stereocenters. The maximum Gasteiger partial charge on any atom is 0.218 e. The fourth-order valence-electron chi connectivity index (χ4n) is 1.98. The molecule has 2 aromatic heterocycles. The van der Waals surface area contributed by atoms with Crippen molar-refractivity contribution in [2.45, 2.75) is 25.3 Å². The fourth-order valence-corrected chi connectivity index (χ4v) is 2.38. The molecule has 1 aliphatic rings. The number of nitrogens with one attached hydrogen (secondary N) is 1. The SMILES string of the molecule is COc1ncccc1CNc1cc(Br)nc(C2CC2)n1. The molecule has 0 aromatic carbocycles. The van der Waals surface area contributed by atoms with Gasteiger partial charge in [0.1, 0.15) is 16.2 Å². The molecule has 5 nitrogen and oxygen atoms in total. The zero-order valence-electron chi connectivity index (χ0n) is 11.1. The number of methoxy groups -OCH3 is 1. The number of halogens is 1. The molecule has 0 unspecified atom stereocenters. The highest BCUT2D eigenvalue weighted by Crippen LogP contribution is 2.38. The number of hydrogen-bond donors (Lipinski definition) is 1. The third-order valence-corrected chi connectivity index (χ3v) is 3.56. The maximum absolute atomic E-state index is 5.24. The topological polar surface area (TPSA) is 59.9 Å². The Morgan fingerprint density at radius 1 is 1.40 bits per heavy atom. The average Bonchev–Trinajstić information content (AvgIpc) is 3.29. The van der Waals surface area contributed by atoms with Crippen molar-refractivity contribution >= 4 is 21.7 Å². The van der Waals surface area contributed by atoms with Gasteiger partial charge in [0.2, 0.25) is 5.88 Å². The number of aromatic nitrogens is 3. The molecule has 20 heavy (non-hydrogen) atoms. The molecule has 2 heterocycles. The van der Waals surface area contributed by atoms with E-state index in [-0.39, 0.29) is 0 Å². The summed E-state index contributed by atoms with van der Waals surface area (Å²) < 4.78 is 6.05. The second-order valence-electron chi connectivity index (χ2n) is 4.73. The first kappa shape index (κ1) is 13.3. The van der Waals surface area contributed by atoms with Crippen LogP contribution in [0.15, 0.2) is 29.0 Å². The van der Waals surface area contributed by atoms with Gasteiger partial charge >= 0.3 is 0 Å². The second-order valence-corrected chi connectivity index (χ2v) is 5.55. The Balaban J connectivity index is 1.74. The van der Waals surface area contributed by atoms with E-state index in [1.165, 1.54) is 12.8 Å². The van der Waals surface area contributed by atoms with Gasteiger partial charge in [-0.3, -0.25) is 0 Å². The maximum atomic E-state index is 5.24. The summed E-state index contributed by atoms with van der Waals surface area (Å²) in [4.78, 5) is 13.1. The van der Waals surface area contributed by atoms with Gasteiger partial charge in [0.15, 0.2) is 0 Å². The quantitative estimate of drug-likeness (QED) is 0.851. The first-order valence-corrected chi connectivity index (χ1v) is 7.32. The summed E-state index contributed by atoms with van der Waals surface area (Å²) >= 11 is 3.44. The molecule has 6 heteroatoms. The molecule has 3 rings (SSSR count). The van der Waals surface area contributed by atoms with Crippen LogP contribution in [-0.4, -0.2) is 22.1 Å². The van der Waals surface area contributed by atoms with Crippen LogP contribution in [0.5, 0.6) is 5.88 Å². The summed E-state index contributed by atoms with van der Waals surface area (Å²) in [7, 11) is 1.62. The van der Waals surface area contributed by atoms with E-state index in [1.54, 1.807) is 13.3 Å². The Hall–Kier alpha value is -1.69. The molecule has 2 aromatic rings. The molecule has 0 bridgehead atoms. The van der Waals surface area contributed by atoms with Gasteiger partial charge in [0.05, 0.1) is 7.11 Å². The van der Waals surface area contributed by atoms with Gasteiger partial charge in [0, 0.05) is 30.3 Å². The minimum absolute atomic E-state index is 0.529. The Bertz CT molecular complexity index is 616. The first-order chi connectivity index (χ1) is 9.76. The smallest absolute Gasteiger partial charge is 0.218 e. The van der Waals surface area contributed by atoms with Crippen molar-refractivity contribution in [2.24, 2.45) is 0 Å². The van der Waals surface area contributed by atoms with Crippen LogP contribution < -0.4 is 10.1 Å². The second kappa shape index (κ2) is 5.75. The zero-order chi connectivity index (χ0) is 13.9. The molecular weight excluding hydrogens is 320 g/mol. The van der Waals surface area contributed by atoms with Crippen molar-refractivity contribution in [1.29, 1.82) is 0 Å². The van der Waals surface area contributed by atoms with E-state index in [9.17, 15) is 0 Å². The van der Waals surface area contributed by atoms with E-state index < -0.39 is 0 Å². The van der Waals surface area contributed by atoms with E-state index in [2.05, 4.69) is 36.2 Å². The van der Waals surface area contributed by atoms with Crippen LogP contribution >= 0.6 is 15.9 Å². The van der Waals surface area contributed by atoms with Gasteiger partial charge in [-0.25, -0.2) is 15.0 Å². The highest BCUT2D eigenvalue weighted by Gasteiger charge is 2.27. The van der Waals surface area contributed by atoms with Gasteiger partial charge in [0.25, 0.3) is 0 Å². The molecule has 0 spiro atoms. The Morgan fingerprint density at radius 2 is 2.25 bits per heavy atom. The third-order valence-electron chi connectivity index (χ3n) is 3.16. The van der Waals surface area contributed by atoms with Crippen molar-refractivity contribution in [2.75, 3.05) is 12.4 Å². The van der Waals surface area contributed by atoms with Crippen molar-refractivity contribution < 1.29 is 4.74 Å². The minimum atomic E-state index is 0.529. The van der Waals surface area contributed by atoms with Gasteiger partial charge in [-0.15, -0.1) is 0 Å². The van der Waals surface area contributed by atoms with Crippen molar-refractivity contribution in [3.63, 3.8) is 0 Å². The van der Waals surface area contributed by atoms with Gasteiger partial charge in [-0.05, 0) is 34.8 Å². The molecular formula is C14H15BrN4O. The van der Waals surface area contributed by atoms with E-state index >= 15 is 0 Å². The summed E-state index contributed by atoms with van der Waals surface area (Å²) in [5.41, 5.74) is 0.998.